The van der Waals surface area contributed by atoms with E-state index >= 15 is 0 Å². The Morgan fingerprint density at radius 3 is 2.65 bits per heavy atom. The number of ketones is 1. The van der Waals surface area contributed by atoms with Crippen LogP contribution in [0, 0.1) is 39.4 Å². The summed E-state index contributed by atoms with van der Waals surface area (Å²) in [6.45, 7) is 5.16. The second-order valence-corrected chi connectivity index (χ2v) is 11.0. The van der Waals surface area contributed by atoms with Gasteiger partial charge in [0.15, 0.2) is 0 Å². The zero-order valence-electron chi connectivity index (χ0n) is 16.9. The zero-order valence-corrected chi connectivity index (χ0v) is 16.9. The highest BCUT2D eigenvalue weighted by atomic mass is 16.5. The second-order valence-electron chi connectivity index (χ2n) is 11.0. The SMILES string of the molecule is COCC12CCC(O)CC1CCC13CC21CCC1(C)C(C(C)=O)CCC13. The van der Waals surface area contributed by atoms with E-state index < -0.39 is 0 Å². The van der Waals surface area contributed by atoms with Crippen molar-refractivity contribution in [1.29, 1.82) is 0 Å². The lowest BCUT2D eigenvalue weighted by Crippen LogP contribution is -2.57. The minimum atomic E-state index is -0.102. The molecule has 3 heteroatoms. The number of hydrogen-bond donors (Lipinski definition) is 1. The minimum Gasteiger partial charge on any atom is -0.393 e. The minimum absolute atomic E-state index is 0.102. The van der Waals surface area contributed by atoms with E-state index in [-0.39, 0.29) is 16.9 Å². The van der Waals surface area contributed by atoms with E-state index in [2.05, 4.69) is 6.92 Å². The molecule has 3 nitrogen and oxygen atoms in total. The molecule has 0 saturated heterocycles. The van der Waals surface area contributed by atoms with Gasteiger partial charge in [0.1, 0.15) is 5.78 Å². The van der Waals surface area contributed by atoms with Crippen LogP contribution < -0.4 is 0 Å². The lowest BCUT2D eigenvalue weighted by molar-refractivity contribution is -0.162. The summed E-state index contributed by atoms with van der Waals surface area (Å²) in [6.07, 6.45) is 11.9. The van der Waals surface area contributed by atoms with Gasteiger partial charge < -0.3 is 9.84 Å². The molecule has 5 aliphatic carbocycles. The van der Waals surface area contributed by atoms with E-state index in [1.807, 2.05) is 14.0 Å². The van der Waals surface area contributed by atoms with E-state index in [0.717, 1.165) is 38.2 Å². The fourth-order valence-electron chi connectivity index (χ4n) is 9.69. The molecule has 8 atom stereocenters. The van der Waals surface area contributed by atoms with Crippen LogP contribution in [0.3, 0.4) is 0 Å². The number of ether oxygens (including phenoxy) is 1. The summed E-state index contributed by atoms with van der Waals surface area (Å²) in [5.74, 6) is 2.10. The maximum Gasteiger partial charge on any atom is 0.133 e. The Labute approximate surface area is 158 Å². The highest BCUT2D eigenvalue weighted by Crippen LogP contribution is 2.90. The van der Waals surface area contributed by atoms with Gasteiger partial charge in [-0.05, 0) is 99.2 Å². The van der Waals surface area contributed by atoms with Crippen LogP contribution in [0.5, 0.6) is 0 Å². The van der Waals surface area contributed by atoms with Gasteiger partial charge in [0.2, 0.25) is 0 Å². The Morgan fingerprint density at radius 1 is 1.12 bits per heavy atom. The van der Waals surface area contributed by atoms with Gasteiger partial charge in [0.05, 0.1) is 12.7 Å². The summed E-state index contributed by atoms with van der Waals surface area (Å²) in [5.41, 5.74) is 1.44. The maximum atomic E-state index is 12.4. The molecule has 0 aliphatic heterocycles. The summed E-state index contributed by atoms with van der Waals surface area (Å²) < 4.78 is 5.87. The predicted molar refractivity (Wildman–Crippen MR) is 101 cm³/mol. The van der Waals surface area contributed by atoms with Gasteiger partial charge in [-0.3, -0.25) is 4.79 Å². The molecule has 146 valence electrons. The van der Waals surface area contributed by atoms with Crippen molar-refractivity contribution in [1.82, 2.24) is 0 Å². The lowest BCUT2D eigenvalue weighted by Gasteiger charge is -2.61. The molecular weight excluding hydrogens is 324 g/mol. The predicted octanol–water partition coefficient (Wildman–Crippen LogP) is 4.37. The van der Waals surface area contributed by atoms with E-state index in [1.165, 1.54) is 38.5 Å². The first kappa shape index (κ1) is 17.7. The number of rotatable bonds is 3. The molecule has 0 radical (unpaired) electrons. The number of fused-ring (bicyclic) bond motifs is 2. The van der Waals surface area contributed by atoms with Gasteiger partial charge in [-0.1, -0.05) is 6.92 Å². The van der Waals surface area contributed by atoms with Gasteiger partial charge in [-0.25, -0.2) is 0 Å². The molecule has 0 aromatic carbocycles. The van der Waals surface area contributed by atoms with E-state index in [0.29, 0.717) is 28.4 Å². The summed E-state index contributed by atoms with van der Waals surface area (Å²) in [5, 5.41) is 10.3. The molecule has 0 aromatic heterocycles. The van der Waals surface area contributed by atoms with Crippen molar-refractivity contribution in [3.05, 3.63) is 0 Å². The van der Waals surface area contributed by atoms with Crippen LogP contribution in [0.25, 0.3) is 0 Å². The van der Waals surface area contributed by atoms with E-state index in [1.54, 1.807) is 0 Å². The highest BCUT2D eigenvalue weighted by molar-refractivity contribution is 5.79. The first-order valence-corrected chi connectivity index (χ1v) is 11.0. The molecule has 5 rings (SSSR count). The molecular formula is C23H36O3. The largest absolute Gasteiger partial charge is 0.393 e. The van der Waals surface area contributed by atoms with Crippen LogP contribution in [-0.4, -0.2) is 30.7 Å². The summed E-state index contributed by atoms with van der Waals surface area (Å²) in [4.78, 5) is 12.4. The van der Waals surface area contributed by atoms with Crippen molar-refractivity contribution in [2.45, 2.75) is 84.2 Å². The van der Waals surface area contributed by atoms with Crippen molar-refractivity contribution < 1.29 is 14.6 Å². The molecule has 8 unspecified atom stereocenters. The summed E-state index contributed by atoms with van der Waals surface area (Å²) in [7, 11) is 1.88. The van der Waals surface area contributed by atoms with Crippen LogP contribution in [0.1, 0.15) is 78.1 Å². The number of aliphatic hydroxyl groups is 1. The Bertz CT molecular complexity index is 631. The molecule has 5 saturated carbocycles. The molecule has 0 amide bonds. The van der Waals surface area contributed by atoms with Crippen molar-refractivity contribution >= 4 is 5.78 Å². The van der Waals surface area contributed by atoms with Crippen molar-refractivity contribution in [3.8, 4) is 0 Å². The normalized spacial score (nSPS) is 57.5. The fraction of sp³-hybridized carbons (Fsp3) is 0.957. The second kappa shape index (κ2) is 5.35. The van der Waals surface area contributed by atoms with Crippen LogP contribution in [-0.2, 0) is 9.53 Å². The fourth-order valence-corrected chi connectivity index (χ4v) is 9.69. The zero-order chi connectivity index (χ0) is 18.4. The summed E-state index contributed by atoms with van der Waals surface area (Å²) >= 11 is 0. The Hall–Kier alpha value is -0.410. The smallest absolute Gasteiger partial charge is 0.133 e. The number of hydrogen-bond acceptors (Lipinski definition) is 3. The molecule has 0 aromatic rings. The third-order valence-corrected chi connectivity index (χ3v) is 10.6. The molecule has 5 fully saturated rings. The molecule has 0 bridgehead atoms. The lowest BCUT2D eigenvalue weighted by atomic mass is 9.44. The van der Waals surface area contributed by atoms with Crippen molar-refractivity contribution in [2.24, 2.45) is 39.4 Å². The highest BCUT2D eigenvalue weighted by Gasteiger charge is 2.84. The maximum absolute atomic E-state index is 12.4. The molecule has 1 N–H and O–H groups in total. The Balaban J connectivity index is 1.55. The number of methoxy groups -OCH3 is 1. The average molecular weight is 361 g/mol. The Kier molecular flexibility index (Phi) is 3.63. The van der Waals surface area contributed by atoms with Crippen LogP contribution in [0.4, 0.5) is 0 Å². The van der Waals surface area contributed by atoms with E-state index in [4.69, 9.17) is 4.74 Å². The first-order valence-electron chi connectivity index (χ1n) is 11.0. The Morgan fingerprint density at radius 2 is 1.92 bits per heavy atom. The standard InChI is InChI=1S/C23H36O3/c1-15(24)18-4-5-19-20(18,2)10-11-23-13-21(19,23)8-6-16-12-17(25)7-9-22(16,23)14-26-3/h16-19,25H,4-14H2,1-3H3. The first-order chi connectivity index (χ1) is 12.4. The quantitative estimate of drug-likeness (QED) is 0.813. The van der Waals surface area contributed by atoms with Crippen molar-refractivity contribution in [2.75, 3.05) is 13.7 Å². The van der Waals surface area contributed by atoms with Crippen LogP contribution in [0.15, 0.2) is 0 Å². The van der Waals surface area contributed by atoms with Gasteiger partial charge in [-0.2, -0.15) is 0 Å². The van der Waals surface area contributed by atoms with Crippen LogP contribution in [0.2, 0.25) is 0 Å². The average Bonchev–Trinajstić information content (AvgIpc) is 3.17. The monoisotopic (exact) mass is 360 g/mol. The third kappa shape index (κ3) is 1.81. The number of Topliss-reactive ketones (excluding diaryl/α,β-unsaturated/α-hetero) is 1. The van der Waals surface area contributed by atoms with Crippen molar-refractivity contribution in [3.63, 3.8) is 0 Å². The number of aliphatic hydroxyl groups excluding tert-OH is 1. The van der Waals surface area contributed by atoms with E-state index in [9.17, 15) is 9.90 Å². The van der Waals surface area contributed by atoms with Gasteiger partial charge in [0.25, 0.3) is 0 Å². The van der Waals surface area contributed by atoms with Gasteiger partial charge in [0, 0.05) is 18.4 Å². The number of carbonyl (C=O) groups excluding carboxylic acids is 1. The summed E-state index contributed by atoms with van der Waals surface area (Å²) in [6, 6.07) is 0. The van der Waals surface area contributed by atoms with Gasteiger partial charge in [-0.15, -0.1) is 0 Å². The van der Waals surface area contributed by atoms with Gasteiger partial charge >= 0.3 is 0 Å². The van der Waals surface area contributed by atoms with Crippen LogP contribution >= 0.6 is 0 Å². The topological polar surface area (TPSA) is 46.5 Å². The molecule has 5 aliphatic rings. The molecule has 0 spiro atoms. The number of carbonyl (C=O) groups is 1. The molecule has 0 heterocycles. The third-order valence-electron chi connectivity index (χ3n) is 10.6. The molecule has 26 heavy (non-hydrogen) atoms.